The monoisotopic (exact) mass is 338 g/mol. The van der Waals surface area contributed by atoms with E-state index in [9.17, 15) is 9.59 Å². The van der Waals surface area contributed by atoms with Crippen LogP contribution in [0.4, 0.5) is 0 Å². The number of ether oxygens (including phenoxy) is 1. The van der Waals surface area contributed by atoms with Gasteiger partial charge >= 0.3 is 5.97 Å². The smallest absolute Gasteiger partial charge is 0.350 e. The largest absolute Gasteiger partial charge is 0.462 e. The van der Waals surface area contributed by atoms with Gasteiger partial charge in [0, 0.05) is 5.38 Å². The van der Waals surface area contributed by atoms with Crippen LogP contribution in [0, 0.1) is 13.8 Å². The van der Waals surface area contributed by atoms with Gasteiger partial charge in [-0.25, -0.2) is 9.78 Å². The normalized spacial score (nSPS) is 12.0. The number of carbonyl (C=O) groups excluding carboxylic acids is 2. The lowest BCUT2D eigenvalue weighted by Gasteiger charge is -2.10. The molecule has 0 radical (unpaired) electrons. The van der Waals surface area contributed by atoms with Crippen molar-refractivity contribution in [3.8, 4) is 0 Å². The first kappa shape index (κ1) is 16.6. The van der Waals surface area contributed by atoms with Crippen LogP contribution in [0.3, 0.4) is 0 Å². The molecule has 7 heteroatoms. The van der Waals surface area contributed by atoms with Gasteiger partial charge < -0.3 is 10.1 Å². The minimum Gasteiger partial charge on any atom is -0.462 e. The van der Waals surface area contributed by atoms with Crippen molar-refractivity contribution in [1.82, 2.24) is 10.3 Å². The summed E-state index contributed by atoms with van der Waals surface area (Å²) in [5.41, 5.74) is 2.26. The Morgan fingerprint density at radius 1 is 1.36 bits per heavy atom. The molecule has 0 fully saturated rings. The molecule has 1 amide bonds. The maximum Gasteiger partial charge on any atom is 0.350 e. The Morgan fingerprint density at radius 2 is 2.09 bits per heavy atom. The van der Waals surface area contributed by atoms with Crippen LogP contribution in [0.25, 0.3) is 0 Å². The van der Waals surface area contributed by atoms with Crippen LogP contribution in [-0.2, 0) is 4.74 Å². The fraction of sp³-hybridized carbons (Fsp3) is 0.400. The molecule has 22 heavy (non-hydrogen) atoms. The van der Waals surface area contributed by atoms with Crippen LogP contribution in [-0.4, -0.2) is 23.5 Å². The van der Waals surface area contributed by atoms with Gasteiger partial charge in [0.2, 0.25) is 0 Å². The number of aromatic nitrogens is 1. The molecule has 0 saturated carbocycles. The van der Waals surface area contributed by atoms with Gasteiger partial charge in [-0.3, -0.25) is 4.79 Å². The van der Waals surface area contributed by atoms with Crippen LogP contribution in [0.2, 0.25) is 0 Å². The highest BCUT2D eigenvalue weighted by Crippen LogP contribution is 2.25. The molecule has 0 aliphatic heterocycles. The van der Waals surface area contributed by atoms with Crippen molar-refractivity contribution in [1.29, 1.82) is 0 Å². The summed E-state index contributed by atoms with van der Waals surface area (Å²) in [4.78, 5) is 28.9. The van der Waals surface area contributed by atoms with Crippen molar-refractivity contribution < 1.29 is 14.3 Å². The Labute approximate surface area is 137 Å². The van der Waals surface area contributed by atoms with Gasteiger partial charge in [-0.15, -0.1) is 11.3 Å². The van der Waals surface area contributed by atoms with Crippen molar-refractivity contribution in [2.45, 2.75) is 33.7 Å². The van der Waals surface area contributed by atoms with Gasteiger partial charge in [-0.05, 0) is 38.6 Å². The molecule has 118 valence electrons. The van der Waals surface area contributed by atoms with E-state index in [-0.39, 0.29) is 17.9 Å². The van der Waals surface area contributed by atoms with E-state index in [0.29, 0.717) is 27.7 Å². The average Bonchev–Trinajstić information content (AvgIpc) is 3.05. The molecule has 2 aromatic rings. The molecule has 2 heterocycles. The molecule has 0 unspecified atom stereocenters. The van der Waals surface area contributed by atoms with Gasteiger partial charge in [0.1, 0.15) is 9.88 Å². The third-order valence-corrected chi connectivity index (χ3v) is 5.27. The Morgan fingerprint density at radius 3 is 2.68 bits per heavy atom. The lowest BCUT2D eigenvalue weighted by atomic mass is 10.2. The SMILES string of the molecule is CCOC(=O)c1sc([C@@H](C)NC(=O)c2cscc2C)nc1C. The van der Waals surface area contributed by atoms with E-state index in [4.69, 9.17) is 4.74 Å². The van der Waals surface area contributed by atoms with Gasteiger partial charge in [-0.2, -0.15) is 11.3 Å². The zero-order valence-corrected chi connectivity index (χ0v) is 14.6. The number of carbonyl (C=O) groups is 2. The molecular weight excluding hydrogens is 320 g/mol. The Kier molecular flexibility index (Phi) is 5.31. The highest BCUT2D eigenvalue weighted by Gasteiger charge is 2.21. The van der Waals surface area contributed by atoms with Crippen molar-refractivity contribution in [2.24, 2.45) is 0 Å². The standard InChI is InChI=1S/C15H18N2O3S2/c1-5-20-15(19)12-9(3)17-14(22-12)10(4)16-13(18)11-7-21-6-8(11)2/h6-7,10H,5H2,1-4H3,(H,16,18)/t10-/m1/s1. The highest BCUT2D eigenvalue weighted by atomic mass is 32.1. The topological polar surface area (TPSA) is 68.3 Å². The number of nitrogens with zero attached hydrogens (tertiary/aromatic N) is 1. The van der Waals surface area contributed by atoms with Gasteiger partial charge in [0.25, 0.3) is 5.91 Å². The molecule has 0 spiro atoms. The lowest BCUT2D eigenvalue weighted by Crippen LogP contribution is -2.26. The number of thiophene rings is 1. The zero-order valence-electron chi connectivity index (χ0n) is 12.9. The van der Waals surface area contributed by atoms with E-state index in [2.05, 4.69) is 10.3 Å². The number of thiazole rings is 1. The van der Waals surface area contributed by atoms with E-state index in [1.165, 1.54) is 22.7 Å². The summed E-state index contributed by atoms with van der Waals surface area (Å²) in [6.07, 6.45) is 0. The molecule has 0 bridgehead atoms. The third-order valence-electron chi connectivity index (χ3n) is 3.09. The number of aryl methyl sites for hydroxylation is 2. The molecule has 1 atom stereocenters. The predicted molar refractivity (Wildman–Crippen MR) is 87.7 cm³/mol. The third kappa shape index (κ3) is 3.53. The fourth-order valence-electron chi connectivity index (χ4n) is 1.92. The second-order valence-electron chi connectivity index (χ2n) is 4.85. The first-order valence-corrected chi connectivity index (χ1v) is 8.68. The molecule has 0 aromatic carbocycles. The van der Waals surface area contributed by atoms with E-state index < -0.39 is 0 Å². The van der Waals surface area contributed by atoms with E-state index in [0.717, 1.165) is 5.56 Å². The summed E-state index contributed by atoms with van der Waals surface area (Å²) < 4.78 is 5.00. The van der Waals surface area contributed by atoms with Crippen molar-refractivity contribution in [2.75, 3.05) is 6.61 Å². The average molecular weight is 338 g/mol. The number of rotatable bonds is 5. The van der Waals surface area contributed by atoms with Crippen LogP contribution >= 0.6 is 22.7 Å². The number of nitrogens with one attached hydrogen (secondary N) is 1. The van der Waals surface area contributed by atoms with E-state index in [1.54, 1.807) is 13.8 Å². The van der Waals surface area contributed by atoms with Crippen molar-refractivity contribution in [3.05, 3.63) is 37.5 Å². The molecule has 2 rings (SSSR count). The second-order valence-corrected chi connectivity index (χ2v) is 6.62. The first-order chi connectivity index (χ1) is 10.4. The van der Waals surface area contributed by atoms with Gasteiger partial charge in [-0.1, -0.05) is 0 Å². The Balaban J connectivity index is 2.12. The molecule has 0 saturated heterocycles. The molecule has 0 aliphatic carbocycles. The minimum absolute atomic E-state index is 0.128. The number of hydrogen-bond donors (Lipinski definition) is 1. The lowest BCUT2D eigenvalue weighted by molar-refractivity contribution is 0.0531. The summed E-state index contributed by atoms with van der Waals surface area (Å²) in [7, 11) is 0. The number of esters is 1. The Bertz CT molecular complexity index is 691. The van der Waals surface area contributed by atoms with Gasteiger partial charge in [0.15, 0.2) is 0 Å². The number of amides is 1. The van der Waals surface area contributed by atoms with Crippen LogP contribution in [0.5, 0.6) is 0 Å². The summed E-state index contributed by atoms with van der Waals surface area (Å²) in [5.74, 6) is -0.493. The predicted octanol–water partition coefficient (Wildman–Crippen LogP) is 3.49. The van der Waals surface area contributed by atoms with Crippen LogP contribution in [0.1, 0.15) is 56.2 Å². The van der Waals surface area contributed by atoms with Crippen molar-refractivity contribution in [3.63, 3.8) is 0 Å². The zero-order chi connectivity index (χ0) is 16.3. The highest BCUT2D eigenvalue weighted by molar-refractivity contribution is 7.13. The maximum atomic E-state index is 12.2. The molecule has 0 aliphatic rings. The molecular formula is C15H18N2O3S2. The van der Waals surface area contributed by atoms with E-state index >= 15 is 0 Å². The summed E-state index contributed by atoms with van der Waals surface area (Å²) in [6.45, 7) is 7.62. The summed E-state index contributed by atoms with van der Waals surface area (Å²) >= 11 is 2.76. The van der Waals surface area contributed by atoms with E-state index in [1.807, 2.05) is 24.6 Å². The molecule has 1 N–H and O–H groups in total. The second kappa shape index (κ2) is 7.02. The Hall–Kier alpha value is -1.73. The molecule has 5 nitrogen and oxygen atoms in total. The molecule has 2 aromatic heterocycles. The maximum absolute atomic E-state index is 12.2. The quantitative estimate of drug-likeness (QED) is 0.847. The summed E-state index contributed by atoms with van der Waals surface area (Å²) in [5, 5.41) is 7.37. The van der Waals surface area contributed by atoms with Crippen LogP contribution in [0.15, 0.2) is 10.8 Å². The number of hydrogen-bond acceptors (Lipinski definition) is 6. The first-order valence-electron chi connectivity index (χ1n) is 6.92. The summed E-state index contributed by atoms with van der Waals surface area (Å²) in [6, 6.07) is -0.265. The minimum atomic E-state index is -0.365. The van der Waals surface area contributed by atoms with Crippen LogP contribution < -0.4 is 5.32 Å². The van der Waals surface area contributed by atoms with Gasteiger partial charge in [0.05, 0.1) is 23.9 Å². The van der Waals surface area contributed by atoms with Crippen molar-refractivity contribution >= 4 is 34.6 Å². The fourth-order valence-corrected chi connectivity index (χ4v) is 3.71.